The number of hydrogen-bond acceptors (Lipinski definition) is 0. The molecule has 0 saturated carbocycles. The van der Waals surface area contributed by atoms with Gasteiger partial charge in [0.05, 0.1) is 0 Å². The average molecular weight is 797 g/mol. The van der Waals surface area contributed by atoms with E-state index in [0.717, 1.165) is 0 Å². The molecule has 0 radical (unpaired) electrons. The standard InChI is InChI=1S/C62H52/c1-61(2,3)49-37-33-47(34-38-49)57-53-23-15-13-21-51(53)56(46-31-27-44(28-32-46)42-19-11-8-12-20-42)60-58(48-35-39-50(40-36-48)62(4,5)6)54-24-16-14-22-52(54)55(59(57)60)45-29-25-43(26-30-45)41-17-9-7-10-18-41/h7-40H,1-6H3. The second-order valence-electron chi connectivity index (χ2n) is 18.9. The Balaban J connectivity index is 1.40. The van der Waals surface area contributed by atoms with E-state index in [-0.39, 0.29) is 10.8 Å². The molecule has 0 saturated heterocycles. The zero-order valence-electron chi connectivity index (χ0n) is 36.6. The third kappa shape index (κ3) is 7.00. The van der Waals surface area contributed by atoms with Gasteiger partial charge in [0, 0.05) is 0 Å². The largest absolute Gasteiger partial charge is 0.0622 e. The minimum Gasteiger partial charge on any atom is -0.0622 e. The van der Waals surface area contributed by atoms with E-state index in [1.807, 2.05) is 0 Å². The van der Waals surface area contributed by atoms with Gasteiger partial charge in [0.15, 0.2) is 0 Å². The Morgan fingerprint density at radius 3 is 0.677 bits per heavy atom. The third-order valence-electron chi connectivity index (χ3n) is 12.8. The van der Waals surface area contributed by atoms with Crippen LogP contribution in [0.15, 0.2) is 206 Å². The van der Waals surface area contributed by atoms with Crippen molar-refractivity contribution in [1.82, 2.24) is 0 Å². The van der Waals surface area contributed by atoms with E-state index in [1.165, 1.54) is 110 Å². The van der Waals surface area contributed by atoms with Crippen LogP contribution < -0.4 is 0 Å². The fourth-order valence-corrected chi connectivity index (χ4v) is 9.52. The molecule has 0 aliphatic rings. The van der Waals surface area contributed by atoms with E-state index in [2.05, 4.69) is 248 Å². The molecule has 10 rings (SSSR count). The van der Waals surface area contributed by atoms with Crippen molar-refractivity contribution >= 4 is 32.3 Å². The van der Waals surface area contributed by atoms with Crippen molar-refractivity contribution in [2.24, 2.45) is 0 Å². The molecule has 0 heteroatoms. The van der Waals surface area contributed by atoms with Crippen molar-refractivity contribution in [2.45, 2.75) is 52.4 Å². The topological polar surface area (TPSA) is 0 Å². The van der Waals surface area contributed by atoms with Crippen LogP contribution in [0.5, 0.6) is 0 Å². The van der Waals surface area contributed by atoms with E-state index in [4.69, 9.17) is 0 Å². The molecule has 300 valence electrons. The molecule has 0 aromatic heterocycles. The smallest absolute Gasteiger partial charge is 0.000139 e. The van der Waals surface area contributed by atoms with E-state index in [9.17, 15) is 0 Å². The molecule has 0 nitrogen and oxygen atoms in total. The Kier molecular flexibility index (Phi) is 9.76. The molecule has 0 heterocycles. The van der Waals surface area contributed by atoms with Crippen LogP contribution >= 0.6 is 0 Å². The summed E-state index contributed by atoms with van der Waals surface area (Å²) in [6, 6.07) is 77.1. The highest BCUT2D eigenvalue weighted by atomic mass is 14.3. The molecule has 0 N–H and O–H groups in total. The summed E-state index contributed by atoms with van der Waals surface area (Å²) in [6.45, 7) is 13.8. The van der Waals surface area contributed by atoms with Crippen LogP contribution in [0.4, 0.5) is 0 Å². The highest BCUT2D eigenvalue weighted by Gasteiger charge is 2.27. The maximum Gasteiger partial charge on any atom is -0.000139 e. The van der Waals surface area contributed by atoms with Crippen LogP contribution in [-0.4, -0.2) is 0 Å². The molecule has 0 amide bonds. The Labute approximate surface area is 367 Å². The summed E-state index contributed by atoms with van der Waals surface area (Å²) in [5, 5.41) is 7.53. The third-order valence-corrected chi connectivity index (χ3v) is 12.8. The monoisotopic (exact) mass is 796 g/mol. The van der Waals surface area contributed by atoms with Gasteiger partial charge in [-0.3, -0.25) is 0 Å². The predicted octanol–water partition coefficient (Wildman–Crippen LogP) is 17.7. The molecule has 0 atom stereocenters. The van der Waals surface area contributed by atoms with E-state index < -0.39 is 0 Å². The summed E-state index contributed by atoms with van der Waals surface area (Å²) in [6.07, 6.45) is 0. The summed E-state index contributed by atoms with van der Waals surface area (Å²) in [5.41, 5.74) is 17.5. The molecule has 0 aliphatic carbocycles. The molecule has 0 aliphatic heterocycles. The number of rotatable bonds is 6. The van der Waals surface area contributed by atoms with E-state index in [1.54, 1.807) is 0 Å². The Bertz CT molecular complexity index is 2990. The second-order valence-corrected chi connectivity index (χ2v) is 18.9. The Morgan fingerprint density at radius 1 is 0.210 bits per heavy atom. The fourth-order valence-electron chi connectivity index (χ4n) is 9.52. The normalized spacial score (nSPS) is 12.0. The van der Waals surface area contributed by atoms with Gasteiger partial charge < -0.3 is 0 Å². The van der Waals surface area contributed by atoms with Crippen molar-refractivity contribution in [1.29, 1.82) is 0 Å². The van der Waals surface area contributed by atoms with Crippen molar-refractivity contribution in [2.75, 3.05) is 0 Å². The molecule has 62 heavy (non-hydrogen) atoms. The van der Waals surface area contributed by atoms with Gasteiger partial charge >= 0.3 is 0 Å². The van der Waals surface area contributed by atoms with Crippen molar-refractivity contribution < 1.29 is 0 Å². The Morgan fingerprint density at radius 2 is 0.419 bits per heavy atom. The first-order chi connectivity index (χ1) is 30.0. The minimum atomic E-state index is 0.0344. The minimum absolute atomic E-state index is 0.0344. The van der Waals surface area contributed by atoms with Crippen molar-refractivity contribution in [3.05, 3.63) is 217 Å². The summed E-state index contributed by atoms with van der Waals surface area (Å²) < 4.78 is 0. The molecule has 0 fully saturated rings. The number of hydrogen-bond donors (Lipinski definition) is 0. The lowest BCUT2D eigenvalue weighted by Gasteiger charge is -2.26. The molecule has 10 aromatic rings. The molecule has 0 spiro atoms. The summed E-state index contributed by atoms with van der Waals surface area (Å²) in [7, 11) is 0. The molecule has 0 bridgehead atoms. The summed E-state index contributed by atoms with van der Waals surface area (Å²) in [5.74, 6) is 0. The molecular weight excluding hydrogens is 745 g/mol. The van der Waals surface area contributed by atoms with E-state index >= 15 is 0 Å². The average Bonchev–Trinajstić information content (AvgIpc) is 3.30. The lowest BCUT2D eigenvalue weighted by atomic mass is 9.77. The van der Waals surface area contributed by atoms with E-state index in [0.29, 0.717) is 0 Å². The maximum absolute atomic E-state index is 2.37. The van der Waals surface area contributed by atoms with Gasteiger partial charge in [-0.05, 0) is 121 Å². The first-order valence-electron chi connectivity index (χ1n) is 22.0. The van der Waals surface area contributed by atoms with Gasteiger partial charge in [0.25, 0.3) is 0 Å². The summed E-state index contributed by atoms with van der Waals surface area (Å²) >= 11 is 0. The first-order valence-corrected chi connectivity index (χ1v) is 22.0. The number of fused-ring (bicyclic) bond motifs is 3. The van der Waals surface area contributed by atoms with Gasteiger partial charge in [0.2, 0.25) is 0 Å². The predicted molar refractivity (Wildman–Crippen MR) is 269 cm³/mol. The lowest BCUT2D eigenvalue weighted by Crippen LogP contribution is -2.10. The Hall–Kier alpha value is -7.02. The zero-order valence-corrected chi connectivity index (χ0v) is 36.6. The van der Waals surface area contributed by atoms with Crippen molar-refractivity contribution in [3.63, 3.8) is 0 Å². The quantitative estimate of drug-likeness (QED) is 0.147. The lowest BCUT2D eigenvalue weighted by molar-refractivity contribution is 0.590. The van der Waals surface area contributed by atoms with Gasteiger partial charge in [-0.15, -0.1) is 0 Å². The van der Waals surface area contributed by atoms with Crippen LogP contribution in [-0.2, 0) is 10.8 Å². The highest BCUT2D eigenvalue weighted by molar-refractivity contribution is 6.33. The van der Waals surface area contributed by atoms with Crippen LogP contribution in [0.1, 0.15) is 52.7 Å². The second kappa shape index (κ2) is 15.5. The fraction of sp³-hybridized carbons (Fsp3) is 0.129. The molecular formula is C62H52. The molecule has 0 unspecified atom stereocenters. The van der Waals surface area contributed by atoms with Crippen molar-refractivity contribution in [3.8, 4) is 66.8 Å². The number of benzene rings is 10. The molecule has 10 aromatic carbocycles. The zero-order chi connectivity index (χ0) is 42.6. The van der Waals surface area contributed by atoms with Crippen LogP contribution in [0.25, 0.3) is 99.1 Å². The van der Waals surface area contributed by atoms with Gasteiger partial charge in [0.1, 0.15) is 0 Å². The van der Waals surface area contributed by atoms with Gasteiger partial charge in [-0.1, -0.05) is 248 Å². The van der Waals surface area contributed by atoms with Gasteiger partial charge in [-0.2, -0.15) is 0 Å². The van der Waals surface area contributed by atoms with Gasteiger partial charge in [-0.25, -0.2) is 0 Å². The highest BCUT2D eigenvalue weighted by Crippen LogP contribution is 2.54. The van der Waals surface area contributed by atoms with Crippen LogP contribution in [0.2, 0.25) is 0 Å². The van der Waals surface area contributed by atoms with Crippen LogP contribution in [0, 0.1) is 0 Å². The summed E-state index contributed by atoms with van der Waals surface area (Å²) in [4.78, 5) is 0. The maximum atomic E-state index is 2.37. The van der Waals surface area contributed by atoms with Crippen LogP contribution in [0.3, 0.4) is 0 Å². The SMILES string of the molecule is CC(C)(C)c1ccc(-c2c3ccccc3c(-c3ccc(-c4ccccc4)cc3)c3c(-c4ccc(C(C)(C)C)cc4)c4ccccc4c(-c4ccc(-c5ccccc5)cc4)c23)cc1. The first kappa shape index (κ1) is 39.1.